The third kappa shape index (κ3) is 3.59. The normalized spacial score (nSPS) is 31.9. The van der Waals surface area contributed by atoms with Crippen LogP contribution in [-0.4, -0.2) is 19.1 Å². The van der Waals surface area contributed by atoms with E-state index in [2.05, 4.69) is 16.4 Å². The number of guanidine groups is 1. The van der Waals surface area contributed by atoms with Gasteiger partial charge in [-0.25, -0.2) is 0 Å². The van der Waals surface area contributed by atoms with Gasteiger partial charge in [0.05, 0.1) is 12.6 Å². The van der Waals surface area contributed by atoms with Crippen LogP contribution in [-0.2, 0) is 0 Å². The molecule has 23 heavy (non-hydrogen) atoms. The number of ether oxygens (including phenoxy) is 1. The fraction of sp³-hybridized carbons (Fsp3) is 0.611. The van der Waals surface area contributed by atoms with Crippen molar-refractivity contribution in [3.8, 4) is 5.75 Å². The van der Waals surface area contributed by atoms with Crippen LogP contribution >= 0.6 is 24.0 Å². The molecule has 126 valence electrons. The van der Waals surface area contributed by atoms with Crippen LogP contribution in [0.2, 0.25) is 0 Å². The predicted octanol–water partition coefficient (Wildman–Crippen LogP) is 3.47. The van der Waals surface area contributed by atoms with Crippen LogP contribution < -0.4 is 15.8 Å². The lowest BCUT2D eigenvalue weighted by molar-refractivity contribution is 0.262. The van der Waals surface area contributed by atoms with Crippen molar-refractivity contribution in [2.75, 3.05) is 13.2 Å². The van der Waals surface area contributed by atoms with Crippen molar-refractivity contribution in [3.05, 3.63) is 29.8 Å². The molecule has 0 saturated heterocycles. The van der Waals surface area contributed by atoms with E-state index in [0.717, 1.165) is 43.1 Å². The molecule has 3 aliphatic rings. The molecule has 2 aliphatic carbocycles. The van der Waals surface area contributed by atoms with Crippen molar-refractivity contribution in [3.63, 3.8) is 0 Å². The van der Waals surface area contributed by atoms with E-state index in [-0.39, 0.29) is 30.0 Å². The summed E-state index contributed by atoms with van der Waals surface area (Å²) in [6, 6.07) is 8.40. The molecule has 1 heterocycles. The van der Waals surface area contributed by atoms with Gasteiger partial charge in [-0.05, 0) is 43.1 Å². The van der Waals surface area contributed by atoms with E-state index in [0.29, 0.717) is 5.96 Å². The molecule has 4 unspecified atom stereocenters. The summed E-state index contributed by atoms with van der Waals surface area (Å²) in [5.74, 6) is 4.20. The van der Waals surface area contributed by atoms with Gasteiger partial charge in [0.2, 0.25) is 0 Å². The van der Waals surface area contributed by atoms with Gasteiger partial charge in [-0.1, -0.05) is 24.6 Å². The van der Waals surface area contributed by atoms with Gasteiger partial charge in [0, 0.05) is 18.5 Å². The van der Waals surface area contributed by atoms with Gasteiger partial charge in [-0.3, -0.25) is 4.99 Å². The van der Waals surface area contributed by atoms with Gasteiger partial charge >= 0.3 is 0 Å². The quantitative estimate of drug-likeness (QED) is 0.441. The summed E-state index contributed by atoms with van der Waals surface area (Å²) >= 11 is 0. The first kappa shape index (κ1) is 16.9. The lowest BCUT2D eigenvalue weighted by Gasteiger charge is -2.27. The van der Waals surface area contributed by atoms with Crippen molar-refractivity contribution < 1.29 is 4.74 Å². The number of nitrogens with one attached hydrogen (secondary N) is 1. The summed E-state index contributed by atoms with van der Waals surface area (Å²) in [4.78, 5) is 4.63. The SMILES string of the molecule is I.NC(=NCC1CC2CCC1C2)NC1CCOc2ccccc21. The van der Waals surface area contributed by atoms with Crippen LogP contribution in [0.5, 0.6) is 5.75 Å². The zero-order chi connectivity index (χ0) is 14.9. The number of rotatable bonds is 3. The number of halogens is 1. The second-order valence-electron chi connectivity index (χ2n) is 7.03. The Morgan fingerprint density at radius 1 is 1.22 bits per heavy atom. The Bertz CT molecular complexity index is 577. The molecule has 1 aromatic rings. The number of para-hydroxylation sites is 1. The van der Waals surface area contributed by atoms with Crippen LogP contribution in [0.4, 0.5) is 0 Å². The van der Waals surface area contributed by atoms with Crippen molar-refractivity contribution in [1.29, 1.82) is 0 Å². The molecule has 5 heteroatoms. The Morgan fingerprint density at radius 2 is 2.09 bits per heavy atom. The van der Waals surface area contributed by atoms with Crippen LogP contribution in [0.15, 0.2) is 29.3 Å². The van der Waals surface area contributed by atoms with Gasteiger partial charge in [0.25, 0.3) is 0 Å². The molecule has 0 spiro atoms. The number of fused-ring (bicyclic) bond motifs is 3. The molecule has 0 radical (unpaired) electrons. The molecular formula is C18H26IN3O. The Balaban J connectivity index is 0.00000156. The molecule has 2 saturated carbocycles. The highest BCUT2D eigenvalue weighted by Gasteiger charge is 2.39. The van der Waals surface area contributed by atoms with Crippen LogP contribution in [0.25, 0.3) is 0 Å². The van der Waals surface area contributed by atoms with Gasteiger partial charge in [-0.15, -0.1) is 24.0 Å². The molecule has 1 aromatic carbocycles. The Morgan fingerprint density at radius 3 is 2.87 bits per heavy atom. The van der Waals surface area contributed by atoms with E-state index in [9.17, 15) is 0 Å². The zero-order valence-electron chi connectivity index (χ0n) is 13.4. The number of hydrogen-bond donors (Lipinski definition) is 2. The minimum Gasteiger partial charge on any atom is -0.493 e. The largest absolute Gasteiger partial charge is 0.493 e. The molecule has 4 nitrogen and oxygen atoms in total. The Kier molecular flexibility index (Phi) is 5.34. The average Bonchev–Trinajstić information content (AvgIpc) is 3.16. The van der Waals surface area contributed by atoms with Crippen molar-refractivity contribution in [1.82, 2.24) is 5.32 Å². The highest BCUT2D eigenvalue weighted by atomic mass is 127. The Labute approximate surface area is 155 Å². The van der Waals surface area contributed by atoms with Gasteiger partial charge < -0.3 is 15.8 Å². The lowest BCUT2D eigenvalue weighted by atomic mass is 9.89. The molecule has 3 N–H and O–H groups in total. The summed E-state index contributed by atoms with van der Waals surface area (Å²) in [6.07, 6.45) is 6.58. The number of benzene rings is 1. The second kappa shape index (κ2) is 7.28. The van der Waals surface area contributed by atoms with Gasteiger partial charge in [-0.2, -0.15) is 0 Å². The van der Waals surface area contributed by atoms with E-state index in [4.69, 9.17) is 10.5 Å². The first-order valence-corrected chi connectivity index (χ1v) is 8.58. The van der Waals surface area contributed by atoms with E-state index in [1.807, 2.05) is 18.2 Å². The van der Waals surface area contributed by atoms with Crippen molar-refractivity contribution in [2.45, 2.75) is 38.1 Å². The van der Waals surface area contributed by atoms with E-state index >= 15 is 0 Å². The van der Waals surface area contributed by atoms with E-state index in [1.165, 1.54) is 31.2 Å². The van der Waals surface area contributed by atoms with Crippen molar-refractivity contribution >= 4 is 29.9 Å². The summed E-state index contributed by atoms with van der Waals surface area (Å²) in [6.45, 7) is 1.62. The summed E-state index contributed by atoms with van der Waals surface area (Å²) < 4.78 is 5.69. The highest BCUT2D eigenvalue weighted by Crippen LogP contribution is 2.48. The first-order chi connectivity index (χ1) is 10.8. The maximum atomic E-state index is 6.14. The third-order valence-corrected chi connectivity index (χ3v) is 5.66. The Hall–Kier alpha value is -0.980. The fourth-order valence-corrected chi connectivity index (χ4v) is 4.53. The van der Waals surface area contributed by atoms with Crippen molar-refractivity contribution in [2.24, 2.45) is 28.5 Å². The first-order valence-electron chi connectivity index (χ1n) is 8.58. The molecule has 0 aromatic heterocycles. The smallest absolute Gasteiger partial charge is 0.189 e. The predicted molar refractivity (Wildman–Crippen MR) is 103 cm³/mol. The average molecular weight is 427 g/mol. The summed E-state index contributed by atoms with van der Waals surface area (Å²) in [7, 11) is 0. The molecule has 4 atom stereocenters. The number of nitrogens with zero attached hydrogens (tertiary/aromatic N) is 1. The topological polar surface area (TPSA) is 59.6 Å². The van der Waals surface area contributed by atoms with Crippen LogP contribution in [0.3, 0.4) is 0 Å². The summed E-state index contributed by atoms with van der Waals surface area (Å²) in [5.41, 5.74) is 7.32. The molecular weight excluding hydrogens is 401 g/mol. The number of aliphatic imine (C=N–C) groups is 1. The maximum absolute atomic E-state index is 6.14. The summed E-state index contributed by atoms with van der Waals surface area (Å²) in [5, 5.41) is 3.39. The molecule has 2 bridgehead atoms. The molecule has 4 rings (SSSR count). The van der Waals surface area contributed by atoms with Crippen LogP contribution in [0, 0.1) is 17.8 Å². The minimum absolute atomic E-state index is 0. The third-order valence-electron chi connectivity index (χ3n) is 5.66. The highest BCUT2D eigenvalue weighted by molar-refractivity contribution is 14.0. The minimum atomic E-state index is 0. The van der Waals surface area contributed by atoms with Gasteiger partial charge in [0.15, 0.2) is 5.96 Å². The van der Waals surface area contributed by atoms with E-state index in [1.54, 1.807) is 0 Å². The molecule has 2 fully saturated rings. The second-order valence-corrected chi connectivity index (χ2v) is 7.03. The molecule has 0 amide bonds. The van der Waals surface area contributed by atoms with Gasteiger partial charge in [0.1, 0.15) is 5.75 Å². The lowest BCUT2D eigenvalue weighted by Crippen LogP contribution is -2.37. The molecule has 1 aliphatic heterocycles. The van der Waals surface area contributed by atoms with Crippen LogP contribution in [0.1, 0.15) is 43.7 Å². The maximum Gasteiger partial charge on any atom is 0.189 e. The standard InChI is InChI=1S/C18H25N3O.HI/c19-18(20-11-14-10-12-5-6-13(14)9-12)21-16-7-8-22-17-4-2-1-3-15(16)17;/h1-4,12-14,16H,5-11H2,(H3,19,20,21);1H. The fourth-order valence-electron chi connectivity index (χ4n) is 4.53. The van der Waals surface area contributed by atoms with E-state index < -0.39 is 0 Å². The number of hydrogen-bond acceptors (Lipinski definition) is 2. The zero-order valence-corrected chi connectivity index (χ0v) is 15.7. The number of nitrogens with two attached hydrogens (primary N) is 1. The monoisotopic (exact) mass is 427 g/mol.